The van der Waals surface area contributed by atoms with Crippen LogP contribution in [0.15, 0.2) is 0 Å². The third-order valence-corrected chi connectivity index (χ3v) is 2.18. The van der Waals surface area contributed by atoms with Gasteiger partial charge in [0.1, 0.15) is 0 Å². The highest BCUT2D eigenvalue weighted by Crippen LogP contribution is 2.19. The van der Waals surface area contributed by atoms with Gasteiger partial charge in [0.2, 0.25) is 0 Å². The predicted octanol–water partition coefficient (Wildman–Crippen LogP) is 1.12. The van der Waals surface area contributed by atoms with E-state index >= 15 is 0 Å². The van der Waals surface area contributed by atoms with Gasteiger partial charge >= 0.3 is 12.1 Å². The summed E-state index contributed by atoms with van der Waals surface area (Å²) in [5.74, 6) is -2.17. The van der Waals surface area contributed by atoms with Gasteiger partial charge < -0.3 is 9.57 Å². The lowest BCUT2D eigenvalue weighted by atomic mass is 10.1. The highest BCUT2D eigenvalue weighted by atomic mass is 19.4. The molecule has 0 atom stereocenters. The van der Waals surface area contributed by atoms with Gasteiger partial charge in [-0.2, -0.15) is 13.2 Å². The van der Waals surface area contributed by atoms with Crippen LogP contribution >= 0.6 is 0 Å². The Hall–Kier alpha value is -0.820. The molecule has 7 heteroatoms. The fourth-order valence-electron chi connectivity index (χ4n) is 1.33. The van der Waals surface area contributed by atoms with E-state index in [0.29, 0.717) is 12.8 Å². The minimum Gasteiger partial charge on any atom is -0.381 e. The highest BCUT2D eigenvalue weighted by molar-refractivity contribution is 5.75. The van der Waals surface area contributed by atoms with Gasteiger partial charge in [0.25, 0.3) is 0 Å². The second-order valence-corrected chi connectivity index (χ2v) is 3.24. The number of hydrogen-bond acceptors (Lipinski definition) is 4. The lowest BCUT2D eigenvalue weighted by Gasteiger charge is -2.29. The maximum Gasteiger partial charge on any atom is 0.492 e. The van der Waals surface area contributed by atoms with E-state index in [9.17, 15) is 18.0 Å². The maximum atomic E-state index is 11.8. The van der Waals surface area contributed by atoms with Crippen LogP contribution in [0.2, 0.25) is 0 Å². The molecule has 0 bridgehead atoms. The summed E-state index contributed by atoms with van der Waals surface area (Å²) in [6.07, 6.45) is -3.78. The number of hydrogen-bond donors (Lipinski definition) is 0. The number of piperidine rings is 1. The van der Waals surface area contributed by atoms with Gasteiger partial charge in [-0.05, 0) is 12.8 Å². The van der Waals surface area contributed by atoms with E-state index in [4.69, 9.17) is 4.74 Å². The fraction of sp³-hybridized carbons (Fsp3) is 0.875. The Morgan fingerprint density at radius 2 is 1.87 bits per heavy atom. The van der Waals surface area contributed by atoms with Crippen molar-refractivity contribution in [1.29, 1.82) is 0 Å². The van der Waals surface area contributed by atoms with Crippen molar-refractivity contribution in [2.24, 2.45) is 0 Å². The van der Waals surface area contributed by atoms with Gasteiger partial charge in [0.05, 0.1) is 6.10 Å². The van der Waals surface area contributed by atoms with Crippen molar-refractivity contribution in [3.05, 3.63) is 0 Å². The second-order valence-electron chi connectivity index (χ2n) is 3.24. The molecule has 15 heavy (non-hydrogen) atoms. The third-order valence-electron chi connectivity index (χ3n) is 2.18. The van der Waals surface area contributed by atoms with Gasteiger partial charge in [-0.1, -0.05) is 0 Å². The molecule has 1 rings (SSSR count). The molecule has 1 fully saturated rings. The van der Waals surface area contributed by atoms with E-state index in [0.717, 1.165) is 5.06 Å². The molecule has 0 spiro atoms. The molecule has 1 aliphatic rings. The van der Waals surface area contributed by atoms with E-state index in [1.165, 1.54) is 0 Å². The Labute approximate surface area is 84.9 Å². The Bertz CT molecular complexity index is 224. The molecule has 0 aromatic carbocycles. The number of halogens is 3. The lowest BCUT2D eigenvalue weighted by molar-refractivity contribution is -0.243. The van der Waals surface area contributed by atoms with E-state index in [2.05, 4.69) is 4.84 Å². The monoisotopic (exact) mass is 227 g/mol. The highest BCUT2D eigenvalue weighted by Gasteiger charge is 2.42. The molecule has 4 nitrogen and oxygen atoms in total. The summed E-state index contributed by atoms with van der Waals surface area (Å²) in [5, 5.41) is 1.02. The first-order valence-electron chi connectivity index (χ1n) is 4.50. The standard InChI is InChI=1S/C8H12F3NO3/c1-14-6-2-4-12(5-3-6)15-7(13)8(9,10)11/h6H,2-5H2,1H3. The molecule has 1 heterocycles. The SMILES string of the molecule is COC1CCN(OC(=O)C(F)(F)F)CC1. The first kappa shape index (κ1) is 12.3. The second kappa shape index (κ2) is 4.80. The average Bonchev–Trinajstić information content (AvgIpc) is 2.17. The number of hydroxylamine groups is 2. The minimum atomic E-state index is -4.93. The van der Waals surface area contributed by atoms with Crippen molar-refractivity contribution in [2.45, 2.75) is 25.1 Å². The number of methoxy groups -OCH3 is 1. The summed E-state index contributed by atoms with van der Waals surface area (Å²) in [6, 6.07) is 0. The molecule has 88 valence electrons. The van der Waals surface area contributed by atoms with Gasteiger partial charge in [0, 0.05) is 20.2 Å². The van der Waals surface area contributed by atoms with E-state index in [-0.39, 0.29) is 19.2 Å². The summed E-state index contributed by atoms with van der Waals surface area (Å²) in [6.45, 7) is 0.528. The van der Waals surface area contributed by atoms with Crippen molar-refractivity contribution in [2.75, 3.05) is 20.2 Å². The topological polar surface area (TPSA) is 38.8 Å². The number of alkyl halides is 3. The molecule has 0 N–H and O–H groups in total. The number of ether oxygens (including phenoxy) is 1. The molecule has 1 saturated heterocycles. The normalized spacial score (nSPS) is 20.3. The van der Waals surface area contributed by atoms with Crippen molar-refractivity contribution < 1.29 is 27.5 Å². The largest absolute Gasteiger partial charge is 0.492 e. The van der Waals surface area contributed by atoms with Gasteiger partial charge in [-0.15, -0.1) is 5.06 Å². The molecule has 0 saturated carbocycles. The summed E-state index contributed by atoms with van der Waals surface area (Å²) < 4.78 is 40.5. The van der Waals surface area contributed by atoms with Crippen LogP contribution in [0.25, 0.3) is 0 Å². The first-order chi connectivity index (χ1) is 6.93. The van der Waals surface area contributed by atoms with Crippen LogP contribution < -0.4 is 0 Å². The molecule has 0 unspecified atom stereocenters. The van der Waals surface area contributed by atoms with Crippen molar-refractivity contribution in [1.82, 2.24) is 5.06 Å². The van der Waals surface area contributed by atoms with Crippen LogP contribution in [0.4, 0.5) is 13.2 Å². The third kappa shape index (κ3) is 3.67. The van der Waals surface area contributed by atoms with Crippen LogP contribution in [0.3, 0.4) is 0 Å². The molecule has 0 aromatic rings. The molecule has 0 aromatic heterocycles. The Balaban J connectivity index is 2.33. The molecular formula is C8H12F3NO3. The zero-order chi connectivity index (χ0) is 11.5. The Kier molecular flexibility index (Phi) is 3.92. The Morgan fingerprint density at radius 1 is 1.33 bits per heavy atom. The maximum absolute atomic E-state index is 11.8. The van der Waals surface area contributed by atoms with Gasteiger partial charge in [-0.3, -0.25) is 0 Å². The predicted molar refractivity (Wildman–Crippen MR) is 43.8 cm³/mol. The number of carbonyl (C=O) groups excluding carboxylic acids is 1. The van der Waals surface area contributed by atoms with Crippen molar-refractivity contribution in [3.63, 3.8) is 0 Å². The van der Waals surface area contributed by atoms with Crippen LogP contribution in [0.5, 0.6) is 0 Å². The molecule has 0 radical (unpaired) electrons. The summed E-state index contributed by atoms with van der Waals surface area (Å²) in [4.78, 5) is 14.6. The molecule has 0 aliphatic carbocycles. The van der Waals surface area contributed by atoms with Crippen molar-refractivity contribution in [3.8, 4) is 0 Å². The summed E-state index contributed by atoms with van der Waals surface area (Å²) >= 11 is 0. The average molecular weight is 227 g/mol. The van der Waals surface area contributed by atoms with Crippen molar-refractivity contribution >= 4 is 5.97 Å². The van der Waals surface area contributed by atoms with Crippen LogP contribution in [-0.4, -0.2) is 43.5 Å². The summed E-state index contributed by atoms with van der Waals surface area (Å²) in [5.41, 5.74) is 0. The molecule has 1 aliphatic heterocycles. The molecule has 0 amide bonds. The minimum absolute atomic E-state index is 0.0332. The quantitative estimate of drug-likeness (QED) is 0.708. The number of rotatable bonds is 2. The van der Waals surface area contributed by atoms with Gasteiger partial charge in [-0.25, -0.2) is 4.79 Å². The van der Waals surface area contributed by atoms with Gasteiger partial charge in [0.15, 0.2) is 0 Å². The first-order valence-corrected chi connectivity index (χ1v) is 4.50. The number of carbonyl (C=O) groups is 1. The lowest BCUT2D eigenvalue weighted by Crippen LogP contribution is -2.41. The van der Waals surface area contributed by atoms with E-state index in [1.807, 2.05) is 0 Å². The van der Waals surface area contributed by atoms with Crippen LogP contribution in [0, 0.1) is 0 Å². The zero-order valence-corrected chi connectivity index (χ0v) is 8.21. The Morgan fingerprint density at radius 3 is 2.27 bits per heavy atom. The van der Waals surface area contributed by atoms with Crippen LogP contribution in [0.1, 0.15) is 12.8 Å². The molecular weight excluding hydrogens is 215 g/mol. The fourth-order valence-corrected chi connectivity index (χ4v) is 1.33. The van der Waals surface area contributed by atoms with E-state index < -0.39 is 12.1 Å². The van der Waals surface area contributed by atoms with Crippen LogP contribution in [-0.2, 0) is 14.4 Å². The van der Waals surface area contributed by atoms with E-state index in [1.54, 1.807) is 7.11 Å². The zero-order valence-electron chi connectivity index (χ0n) is 8.21. The smallest absolute Gasteiger partial charge is 0.381 e. The number of nitrogens with zero attached hydrogens (tertiary/aromatic N) is 1. The summed E-state index contributed by atoms with van der Waals surface area (Å²) in [7, 11) is 1.54.